The maximum Gasteiger partial charge on any atom is 0.242 e. The molecular formula is C13H23N3O2. The molecule has 0 unspecified atom stereocenters. The molecule has 0 atom stereocenters. The first-order valence-electron chi connectivity index (χ1n) is 6.93. The number of amides is 2. The van der Waals surface area contributed by atoms with Crippen molar-refractivity contribution in [3.8, 4) is 0 Å². The topological polar surface area (TPSA) is 75.4 Å². The van der Waals surface area contributed by atoms with Gasteiger partial charge in [-0.2, -0.15) is 0 Å². The van der Waals surface area contributed by atoms with Gasteiger partial charge in [0.2, 0.25) is 11.8 Å². The minimum absolute atomic E-state index is 0.0594. The average molecular weight is 253 g/mol. The van der Waals surface area contributed by atoms with E-state index in [-0.39, 0.29) is 17.7 Å². The highest BCUT2D eigenvalue weighted by Gasteiger charge is 2.43. The molecule has 5 heteroatoms. The summed E-state index contributed by atoms with van der Waals surface area (Å²) in [5.41, 5.74) is 5.45. The molecule has 0 bridgehead atoms. The Balaban J connectivity index is 1.83. The Labute approximate surface area is 108 Å². The van der Waals surface area contributed by atoms with Crippen LogP contribution in [0.2, 0.25) is 0 Å². The monoisotopic (exact) mass is 253 g/mol. The number of rotatable bonds is 3. The van der Waals surface area contributed by atoms with Crippen molar-refractivity contribution >= 4 is 11.8 Å². The van der Waals surface area contributed by atoms with E-state index in [0.717, 1.165) is 32.1 Å². The van der Waals surface area contributed by atoms with Gasteiger partial charge in [0.25, 0.3) is 0 Å². The minimum atomic E-state index is -0.599. The first-order valence-corrected chi connectivity index (χ1v) is 6.93. The predicted octanol–water partition coefficient (Wildman–Crippen LogP) is 0.243. The van der Waals surface area contributed by atoms with Crippen LogP contribution < -0.4 is 11.1 Å². The van der Waals surface area contributed by atoms with Crippen molar-refractivity contribution in [3.05, 3.63) is 0 Å². The van der Waals surface area contributed by atoms with Crippen molar-refractivity contribution in [2.75, 3.05) is 19.6 Å². The SMILES string of the molecule is CCNC(=O)C1CCN(C(=O)C2(N)CCC2)CC1. The van der Waals surface area contributed by atoms with Crippen LogP contribution in [-0.4, -0.2) is 41.9 Å². The first-order chi connectivity index (χ1) is 8.57. The molecule has 18 heavy (non-hydrogen) atoms. The number of carbonyl (C=O) groups excluding carboxylic acids is 2. The largest absolute Gasteiger partial charge is 0.356 e. The van der Waals surface area contributed by atoms with Crippen LogP contribution in [0.3, 0.4) is 0 Å². The van der Waals surface area contributed by atoms with E-state index in [4.69, 9.17) is 5.73 Å². The lowest BCUT2D eigenvalue weighted by Crippen LogP contribution is -2.60. The molecule has 0 spiro atoms. The molecule has 0 aromatic carbocycles. The fourth-order valence-electron chi connectivity index (χ4n) is 2.75. The molecule has 1 aliphatic carbocycles. The number of carbonyl (C=O) groups is 2. The molecule has 5 nitrogen and oxygen atoms in total. The van der Waals surface area contributed by atoms with E-state index in [2.05, 4.69) is 5.32 Å². The van der Waals surface area contributed by atoms with Gasteiger partial charge in [0.1, 0.15) is 0 Å². The van der Waals surface area contributed by atoms with E-state index in [1.165, 1.54) is 0 Å². The van der Waals surface area contributed by atoms with E-state index in [0.29, 0.717) is 19.6 Å². The number of nitrogens with two attached hydrogens (primary N) is 1. The van der Waals surface area contributed by atoms with Gasteiger partial charge in [0.15, 0.2) is 0 Å². The van der Waals surface area contributed by atoms with Crippen LogP contribution in [0.4, 0.5) is 0 Å². The van der Waals surface area contributed by atoms with Crippen LogP contribution in [0.5, 0.6) is 0 Å². The fourth-order valence-corrected chi connectivity index (χ4v) is 2.75. The zero-order valence-electron chi connectivity index (χ0n) is 11.1. The van der Waals surface area contributed by atoms with E-state index in [1.54, 1.807) is 0 Å². The Morgan fingerprint density at radius 1 is 1.33 bits per heavy atom. The van der Waals surface area contributed by atoms with Crippen LogP contribution in [0.15, 0.2) is 0 Å². The number of hydrogen-bond donors (Lipinski definition) is 2. The van der Waals surface area contributed by atoms with Gasteiger partial charge in [0, 0.05) is 25.6 Å². The highest BCUT2D eigenvalue weighted by atomic mass is 16.2. The molecule has 102 valence electrons. The average Bonchev–Trinajstić information content (AvgIpc) is 2.35. The van der Waals surface area contributed by atoms with Gasteiger partial charge in [-0.1, -0.05) is 0 Å². The maximum atomic E-state index is 12.2. The fraction of sp³-hybridized carbons (Fsp3) is 0.846. The summed E-state index contributed by atoms with van der Waals surface area (Å²) in [7, 11) is 0. The van der Waals surface area contributed by atoms with Gasteiger partial charge >= 0.3 is 0 Å². The van der Waals surface area contributed by atoms with E-state index in [1.807, 2.05) is 11.8 Å². The standard InChI is InChI=1S/C13H23N3O2/c1-2-15-11(17)10-4-8-16(9-5-10)12(18)13(14)6-3-7-13/h10H,2-9,14H2,1H3,(H,15,17). The molecule has 0 aromatic heterocycles. The van der Waals surface area contributed by atoms with Crippen molar-refractivity contribution in [2.45, 2.75) is 44.6 Å². The summed E-state index contributed by atoms with van der Waals surface area (Å²) in [6, 6.07) is 0. The Hall–Kier alpha value is -1.10. The summed E-state index contributed by atoms with van der Waals surface area (Å²) in [6.45, 7) is 3.92. The second-order valence-corrected chi connectivity index (χ2v) is 5.47. The number of hydrogen-bond acceptors (Lipinski definition) is 3. The summed E-state index contributed by atoms with van der Waals surface area (Å²) in [5.74, 6) is 0.267. The van der Waals surface area contributed by atoms with Crippen LogP contribution in [0.1, 0.15) is 39.0 Å². The molecule has 1 heterocycles. The van der Waals surface area contributed by atoms with Gasteiger partial charge in [0.05, 0.1) is 5.54 Å². The number of nitrogens with one attached hydrogen (secondary N) is 1. The summed E-state index contributed by atoms with van der Waals surface area (Å²) in [5, 5.41) is 2.84. The Morgan fingerprint density at radius 3 is 2.39 bits per heavy atom. The van der Waals surface area contributed by atoms with E-state index >= 15 is 0 Å². The summed E-state index contributed by atoms with van der Waals surface area (Å²) >= 11 is 0. The van der Waals surface area contributed by atoms with Crippen molar-refractivity contribution in [2.24, 2.45) is 11.7 Å². The van der Waals surface area contributed by atoms with E-state index in [9.17, 15) is 9.59 Å². The van der Waals surface area contributed by atoms with Crippen molar-refractivity contribution in [1.29, 1.82) is 0 Å². The highest BCUT2D eigenvalue weighted by Crippen LogP contribution is 2.32. The van der Waals surface area contributed by atoms with Gasteiger partial charge in [-0.25, -0.2) is 0 Å². The quantitative estimate of drug-likeness (QED) is 0.756. The smallest absolute Gasteiger partial charge is 0.242 e. The lowest BCUT2D eigenvalue weighted by atomic mass is 9.76. The Kier molecular flexibility index (Phi) is 3.90. The maximum absolute atomic E-state index is 12.2. The van der Waals surface area contributed by atoms with Crippen LogP contribution in [0.25, 0.3) is 0 Å². The van der Waals surface area contributed by atoms with Gasteiger partial charge < -0.3 is 16.0 Å². The molecule has 3 N–H and O–H groups in total. The number of nitrogens with zero attached hydrogens (tertiary/aromatic N) is 1. The molecule has 2 rings (SSSR count). The molecule has 2 aliphatic rings. The number of piperidine rings is 1. The van der Waals surface area contributed by atoms with Crippen LogP contribution in [0, 0.1) is 5.92 Å². The molecule has 1 saturated carbocycles. The second-order valence-electron chi connectivity index (χ2n) is 5.47. The molecule has 0 radical (unpaired) electrons. The zero-order chi connectivity index (χ0) is 13.2. The van der Waals surface area contributed by atoms with Gasteiger partial charge in [-0.05, 0) is 39.0 Å². The highest BCUT2D eigenvalue weighted by molar-refractivity contribution is 5.87. The Bertz CT molecular complexity index is 331. The normalized spacial score (nSPS) is 23.3. The third-order valence-corrected chi connectivity index (χ3v) is 4.18. The molecule has 2 fully saturated rings. The molecule has 2 amide bonds. The lowest BCUT2D eigenvalue weighted by Gasteiger charge is -2.42. The summed E-state index contributed by atoms with van der Waals surface area (Å²) in [4.78, 5) is 25.7. The molecular weight excluding hydrogens is 230 g/mol. The molecule has 0 aromatic rings. The zero-order valence-corrected chi connectivity index (χ0v) is 11.1. The third kappa shape index (κ3) is 2.51. The van der Waals surface area contributed by atoms with Gasteiger partial charge in [-0.15, -0.1) is 0 Å². The molecule has 1 saturated heterocycles. The van der Waals surface area contributed by atoms with Gasteiger partial charge in [-0.3, -0.25) is 9.59 Å². The summed E-state index contributed by atoms with van der Waals surface area (Å²) < 4.78 is 0. The predicted molar refractivity (Wildman–Crippen MR) is 68.8 cm³/mol. The van der Waals surface area contributed by atoms with Crippen molar-refractivity contribution < 1.29 is 9.59 Å². The molecule has 1 aliphatic heterocycles. The number of likely N-dealkylation sites (tertiary alicyclic amines) is 1. The minimum Gasteiger partial charge on any atom is -0.356 e. The van der Waals surface area contributed by atoms with Crippen molar-refractivity contribution in [1.82, 2.24) is 10.2 Å². The lowest BCUT2D eigenvalue weighted by molar-refractivity contribution is -0.143. The van der Waals surface area contributed by atoms with E-state index < -0.39 is 5.54 Å². The van der Waals surface area contributed by atoms with Crippen LogP contribution >= 0.6 is 0 Å². The first kappa shape index (κ1) is 13.3. The Morgan fingerprint density at radius 2 is 1.94 bits per heavy atom. The second kappa shape index (κ2) is 5.26. The van der Waals surface area contributed by atoms with Crippen LogP contribution in [-0.2, 0) is 9.59 Å². The third-order valence-electron chi connectivity index (χ3n) is 4.18. The van der Waals surface area contributed by atoms with Crippen molar-refractivity contribution in [3.63, 3.8) is 0 Å². The summed E-state index contributed by atoms with van der Waals surface area (Å²) in [6.07, 6.45) is 4.18.